The number of carbonyl (C=O) groups is 1. The van der Waals surface area contributed by atoms with Gasteiger partial charge in [0, 0.05) is 32.6 Å². The molecule has 0 aliphatic carbocycles. The third kappa shape index (κ3) is 4.27. The Morgan fingerprint density at radius 3 is 2.79 bits per heavy atom. The van der Waals surface area contributed by atoms with Crippen molar-refractivity contribution in [1.29, 1.82) is 0 Å². The van der Waals surface area contributed by atoms with Crippen LogP contribution in [0.5, 0.6) is 0 Å². The first kappa shape index (κ1) is 15.5. The summed E-state index contributed by atoms with van der Waals surface area (Å²) in [7, 11) is 1.60. The normalized spacial score (nSPS) is 23.6. The lowest BCUT2D eigenvalue weighted by atomic mass is 10.0. The number of halogens is 3. The molecule has 1 fully saturated rings. The van der Waals surface area contributed by atoms with Crippen LogP contribution in [0.4, 0.5) is 13.2 Å². The molecule has 1 rings (SSSR count). The van der Waals surface area contributed by atoms with Gasteiger partial charge in [0.2, 0.25) is 5.91 Å². The highest BCUT2D eigenvalue weighted by Crippen LogP contribution is 2.26. The molecule has 1 aliphatic rings. The Hall–Kier alpha value is -1.51. The van der Waals surface area contributed by atoms with E-state index in [4.69, 9.17) is 10.9 Å². The summed E-state index contributed by atoms with van der Waals surface area (Å²) in [6.45, 7) is -0.133. The lowest BCUT2D eigenvalue weighted by Crippen LogP contribution is -2.51. The van der Waals surface area contributed by atoms with Crippen LogP contribution in [0.2, 0.25) is 0 Å². The number of likely N-dealkylation sites (tertiary alicyclic amines) is 1. The number of amides is 1. The second-order valence-electron chi connectivity index (χ2n) is 4.54. The van der Waals surface area contributed by atoms with Gasteiger partial charge in [0.05, 0.1) is 0 Å². The van der Waals surface area contributed by atoms with Crippen molar-refractivity contribution in [2.45, 2.75) is 25.1 Å². The molecular formula is C10H17F3N4O2. The topological polar surface area (TPSA) is 90.9 Å². The van der Waals surface area contributed by atoms with Gasteiger partial charge in [0.25, 0.3) is 0 Å². The number of oxime groups is 1. The molecule has 1 amide bonds. The molecule has 0 aromatic rings. The van der Waals surface area contributed by atoms with Crippen LogP contribution in [-0.4, -0.2) is 54.2 Å². The minimum Gasteiger partial charge on any atom is -0.409 e. The van der Waals surface area contributed by atoms with Crippen molar-refractivity contribution < 1.29 is 23.2 Å². The van der Waals surface area contributed by atoms with Crippen molar-refractivity contribution in [3.05, 3.63) is 0 Å². The number of hydrogen-bond acceptors (Lipinski definition) is 4. The van der Waals surface area contributed by atoms with Gasteiger partial charge in [-0.3, -0.25) is 4.79 Å². The molecule has 9 heteroatoms. The zero-order chi connectivity index (χ0) is 14.6. The van der Waals surface area contributed by atoms with Gasteiger partial charge in [0.1, 0.15) is 5.92 Å². The van der Waals surface area contributed by atoms with Gasteiger partial charge in [0.15, 0.2) is 5.84 Å². The molecule has 1 saturated heterocycles. The number of carbonyl (C=O) groups excluding carboxylic acids is 1. The molecular weight excluding hydrogens is 265 g/mol. The van der Waals surface area contributed by atoms with Gasteiger partial charge in [-0.15, -0.1) is 0 Å². The third-order valence-electron chi connectivity index (χ3n) is 3.10. The molecule has 0 aromatic carbocycles. The maximum absolute atomic E-state index is 12.7. The van der Waals surface area contributed by atoms with Crippen LogP contribution in [0.15, 0.2) is 5.16 Å². The van der Waals surface area contributed by atoms with Gasteiger partial charge in [-0.2, -0.15) is 13.2 Å². The number of nitrogens with one attached hydrogen (secondary N) is 1. The summed E-state index contributed by atoms with van der Waals surface area (Å²) in [6.07, 6.45) is -3.81. The van der Waals surface area contributed by atoms with Crippen molar-refractivity contribution in [1.82, 2.24) is 10.2 Å². The second kappa shape index (κ2) is 6.09. The van der Waals surface area contributed by atoms with Gasteiger partial charge in [-0.25, -0.2) is 0 Å². The van der Waals surface area contributed by atoms with Crippen LogP contribution in [0.3, 0.4) is 0 Å². The monoisotopic (exact) mass is 282 g/mol. The average molecular weight is 282 g/mol. The van der Waals surface area contributed by atoms with Gasteiger partial charge in [-0.05, 0) is 6.42 Å². The van der Waals surface area contributed by atoms with E-state index >= 15 is 0 Å². The van der Waals surface area contributed by atoms with Crippen LogP contribution < -0.4 is 11.1 Å². The Morgan fingerprint density at radius 2 is 2.32 bits per heavy atom. The number of piperidine rings is 1. The zero-order valence-electron chi connectivity index (χ0n) is 10.4. The van der Waals surface area contributed by atoms with Crippen LogP contribution in [-0.2, 0) is 4.79 Å². The highest BCUT2D eigenvalue weighted by Gasteiger charge is 2.43. The molecule has 4 N–H and O–H groups in total. The van der Waals surface area contributed by atoms with Crippen molar-refractivity contribution in [3.63, 3.8) is 0 Å². The quantitative estimate of drug-likeness (QED) is 0.296. The SMILES string of the molecule is CN1CC(NCC(C(N)=NO)C(F)(F)F)CCC1=O. The Labute approximate surface area is 108 Å². The van der Waals surface area contributed by atoms with E-state index in [0.29, 0.717) is 19.4 Å². The smallest absolute Gasteiger partial charge is 0.400 e. The van der Waals surface area contributed by atoms with Crippen molar-refractivity contribution in [3.8, 4) is 0 Å². The van der Waals surface area contributed by atoms with Crippen LogP contribution in [0.25, 0.3) is 0 Å². The molecule has 19 heavy (non-hydrogen) atoms. The number of amidine groups is 1. The van der Waals surface area contributed by atoms with Crippen molar-refractivity contribution >= 4 is 11.7 Å². The first-order valence-electron chi connectivity index (χ1n) is 5.77. The van der Waals surface area contributed by atoms with Crippen molar-refractivity contribution in [2.75, 3.05) is 20.1 Å². The fourth-order valence-electron chi connectivity index (χ4n) is 1.92. The molecule has 0 spiro atoms. The molecule has 2 unspecified atom stereocenters. The highest BCUT2D eigenvalue weighted by atomic mass is 19.4. The summed E-state index contributed by atoms with van der Waals surface area (Å²) < 4.78 is 38.0. The first-order valence-corrected chi connectivity index (χ1v) is 5.77. The summed E-state index contributed by atoms with van der Waals surface area (Å²) in [4.78, 5) is 12.7. The summed E-state index contributed by atoms with van der Waals surface area (Å²) in [5, 5.41) is 13.5. The third-order valence-corrected chi connectivity index (χ3v) is 3.10. The number of alkyl halides is 3. The molecule has 110 valence electrons. The Morgan fingerprint density at radius 1 is 1.68 bits per heavy atom. The minimum absolute atomic E-state index is 0.0261. The summed E-state index contributed by atoms with van der Waals surface area (Å²) in [5.74, 6) is -2.94. The molecule has 2 atom stereocenters. The van der Waals surface area contributed by atoms with E-state index in [0.717, 1.165) is 0 Å². The number of likely N-dealkylation sites (N-methyl/N-ethyl adjacent to an activating group) is 1. The first-order chi connectivity index (χ1) is 8.75. The number of nitrogens with zero attached hydrogens (tertiary/aromatic N) is 2. The second-order valence-corrected chi connectivity index (χ2v) is 4.54. The molecule has 1 heterocycles. The number of hydrogen-bond donors (Lipinski definition) is 3. The van der Waals surface area contributed by atoms with E-state index in [-0.39, 0.29) is 11.9 Å². The summed E-state index contributed by atoms with van der Waals surface area (Å²) in [6, 6.07) is -0.223. The lowest BCUT2D eigenvalue weighted by molar-refractivity contribution is -0.155. The van der Waals surface area contributed by atoms with Crippen LogP contribution in [0.1, 0.15) is 12.8 Å². The van der Waals surface area contributed by atoms with E-state index in [1.54, 1.807) is 7.05 Å². The molecule has 0 radical (unpaired) electrons. The fourth-order valence-corrected chi connectivity index (χ4v) is 1.92. The van der Waals surface area contributed by atoms with Crippen LogP contribution in [0, 0.1) is 5.92 Å². The molecule has 1 aliphatic heterocycles. The van der Waals surface area contributed by atoms with Gasteiger partial charge in [-0.1, -0.05) is 5.16 Å². The van der Waals surface area contributed by atoms with Crippen molar-refractivity contribution in [2.24, 2.45) is 16.8 Å². The molecule has 0 aromatic heterocycles. The molecule has 6 nitrogen and oxygen atoms in total. The lowest BCUT2D eigenvalue weighted by Gasteiger charge is -2.31. The van der Waals surface area contributed by atoms with Gasteiger partial charge < -0.3 is 21.2 Å². The highest BCUT2D eigenvalue weighted by molar-refractivity contribution is 5.83. The Bertz CT molecular complexity index is 359. The number of rotatable bonds is 4. The maximum Gasteiger partial charge on any atom is 0.400 e. The maximum atomic E-state index is 12.7. The van der Waals surface area contributed by atoms with E-state index in [2.05, 4.69) is 10.5 Å². The summed E-state index contributed by atoms with van der Waals surface area (Å²) >= 11 is 0. The van der Waals surface area contributed by atoms with Crippen LogP contribution >= 0.6 is 0 Å². The summed E-state index contributed by atoms with van der Waals surface area (Å²) in [5.41, 5.74) is 5.04. The van der Waals surface area contributed by atoms with E-state index in [1.165, 1.54) is 4.90 Å². The predicted molar refractivity (Wildman–Crippen MR) is 61.6 cm³/mol. The van der Waals surface area contributed by atoms with E-state index in [9.17, 15) is 18.0 Å². The zero-order valence-corrected chi connectivity index (χ0v) is 10.4. The number of nitrogens with two attached hydrogens (primary N) is 1. The fraction of sp³-hybridized carbons (Fsp3) is 0.800. The molecule has 0 saturated carbocycles. The minimum atomic E-state index is -4.58. The Kier molecular flexibility index (Phi) is 4.98. The van der Waals surface area contributed by atoms with E-state index < -0.39 is 24.5 Å². The average Bonchev–Trinajstić information content (AvgIpc) is 2.31. The molecule has 0 bridgehead atoms. The largest absolute Gasteiger partial charge is 0.409 e. The van der Waals surface area contributed by atoms with E-state index in [1.807, 2.05) is 0 Å². The standard InChI is InChI=1S/C10H17F3N4O2/c1-17-5-6(2-3-8(17)18)15-4-7(9(14)16-19)10(11,12)13/h6-7,15,19H,2-5H2,1H3,(H2,14,16). The predicted octanol–water partition coefficient (Wildman–Crippen LogP) is 0.122. The Balaban J connectivity index is 2.56. The van der Waals surface area contributed by atoms with Gasteiger partial charge >= 0.3 is 6.18 Å².